The number of aryl methyl sites for hydroxylation is 2. The summed E-state index contributed by atoms with van der Waals surface area (Å²) in [5, 5.41) is 9.22. The fraction of sp³-hybridized carbons (Fsp3) is 0.562. The minimum absolute atomic E-state index is 0.113. The lowest BCUT2D eigenvalue weighted by Gasteiger charge is -2.47. The van der Waals surface area contributed by atoms with Gasteiger partial charge in [0.1, 0.15) is 0 Å². The molecule has 0 spiro atoms. The van der Waals surface area contributed by atoms with Crippen LogP contribution in [0, 0.1) is 19.8 Å². The number of benzene rings is 1. The van der Waals surface area contributed by atoms with E-state index in [0.717, 1.165) is 13.0 Å². The van der Waals surface area contributed by atoms with Gasteiger partial charge in [0.25, 0.3) is 0 Å². The van der Waals surface area contributed by atoms with E-state index in [1.54, 1.807) is 0 Å². The van der Waals surface area contributed by atoms with Crippen LogP contribution in [0.3, 0.4) is 0 Å². The maximum atomic E-state index is 11.2. The molecule has 0 radical (unpaired) electrons. The Hall–Kier alpha value is -1.51. The Morgan fingerprint density at radius 3 is 2.37 bits per heavy atom. The lowest BCUT2D eigenvalue weighted by molar-refractivity contribution is -0.143. The molecule has 1 heterocycles. The van der Waals surface area contributed by atoms with Gasteiger partial charge in [-0.25, -0.2) is 0 Å². The standard InChI is InChI=1S/C16H23NO2/c1-11-6-5-7-12(2)14(11)17-9-8-13(15(18)19)10-16(17,3)4/h5-7,13H,8-10H2,1-4H3,(H,18,19). The molecule has 0 bridgehead atoms. The minimum Gasteiger partial charge on any atom is -0.481 e. The van der Waals surface area contributed by atoms with Gasteiger partial charge in [-0.15, -0.1) is 0 Å². The van der Waals surface area contributed by atoms with Crippen molar-refractivity contribution in [2.75, 3.05) is 11.4 Å². The number of rotatable bonds is 2. The van der Waals surface area contributed by atoms with Crippen LogP contribution in [-0.2, 0) is 4.79 Å². The maximum absolute atomic E-state index is 11.2. The topological polar surface area (TPSA) is 40.5 Å². The molecule has 1 atom stereocenters. The highest BCUT2D eigenvalue weighted by atomic mass is 16.4. The van der Waals surface area contributed by atoms with E-state index >= 15 is 0 Å². The number of carboxylic acid groups (broad SMARTS) is 1. The second kappa shape index (κ2) is 4.87. The highest BCUT2D eigenvalue weighted by molar-refractivity contribution is 5.71. The van der Waals surface area contributed by atoms with E-state index in [9.17, 15) is 9.90 Å². The summed E-state index contributed by atoms with van der Waals surface area (Å²) in [5.41, 5.74) is 3.69. The van der Waals surface area contributed by atoms with Crippen molar-refractivity contribution in [3.8, 4) is 0 Å². The van der Waals surface area contributed by atoms with Crippen molar-refractivity contribution in [3.05, 3.63) is 29.3 Å². The molecule has 0 saturated carbocycles. The Bertz CT molecular complexity index is 473. The predicted molar refractivity (Wildman–Crippen MR) is 77.7 cm³/mol. The Balaban J connectivity index is 2.34. The highest BCUT2D eigenvalue weighted by Gasteiger charge is 2.38. The van der Waals surface area contributed by atoms with E-state index in [1.807, 2.05) is 0 Å². The third-order valence-corrected chi connectivity index (χ3v) is 4.24. The molecule has 104 valence electrons. The SMILES string of the molecule is Cc1cccc(C)c1N1CCC(C(=O)O)CC1(C)C. The Kier molecular flexibility index (Phi) is 3.57. The van der Waals surface area contributed by atoms with Crippen LogP contribution in [0.25, 0.3) is 0 Å². The summed E-state index contributed by atoms with van der Waals surface area (Å²) in [6.45, 7) is 9.36. The monoisotopic (exact) mass is 261 g/mol. The number of carbonyl (C=O) groups is 1. The lowest BCUT2D eigenvalue weighted by atomic mass is 9.81. The molecule has 1 unspecified atom stereocenters. The van der Waals surface area contributed by atoms with Crippen LogP contribution in [0.4, 0.5) is 5.69 Å². The van der Waals surface area contributed by atoms with E-state index in [0.29, 0.717) is 6.42 Å². The maximum Gasteiger partial charge on any atom is 0.306 e. The summed E-state index contributed by atoms with van der Waals surface area (Å²) < 4.78 is 0. The first-order chi connectivity index (χ1) is 8.83. The normalized spacial score (nSPS) is 22.3. The Labute approximate surface area is 115 Å². The summed E-state index contributed by atoms with van der Waals surface area (Å²) in [6.07, 6.45) is 1.43. The number of anilines is 1. The quantitative estimate of drug-likeness (QED) is 0.887. The zero-order chi connectivity index (χ0) is 14.2. The lowest BCUT2D eigenvalue weighted by Crippen LogP contribution is -2.52. The van der Waals surface area contributed by atoms with Gasteiger partial charge in [0.2, 0.25) is 0 Å². The second-order valence-electron chi connectivity index (χ2n) is 6.23. The molecule has 1 fully saturated rings. The van der Waals surface area contributed by atoms with Crippen molar-refractivity contribution in [1.82, 2.24) is 0 Å². The first-order valence-electron chi connectivity index (χ1n) is 6.89. The molecule has 3 heteroatoms. The highest BCUT2D eigenvalue weighted by Crippen LogP contribution is 2.38. The summed E-state index contributed by atoms with van der Waals surface area (Å²) in [5.74, 6) is -0.871. The largest absolute Gasteiger partial charge is 0.481 e. The summed E-state index contributed by atoms with van der Waals surface area (Å²) in [7, 11) is 0. The van der Waals surface area contributed by atoms with Gasteiger partial charge >= 0.3 is 5.97 Å². The molecule has 1 aromatic carbocycles. The summed E-state index contributed by atoms with van der Waals surface area (Å²) in [6, 6.07) is 6.33. The van der Waals surface area contributed by atoms with Gasteiger partial charge in [-0.3, -0.25) is 4.79 Å². The average molecular weight is 261 g/mol. The number of hydrogen-bond donors (Lipinski definition) is 1. The zero-order valence-corrected chi connectivity index (χ0v) is 12.2. The van der Waals surface area contributed by atoms with Gasteiger partial charge in [0.05, 0.1) is 5.92 Å². The van der Waals surface area contributed by atoms with E-state index < -0.39 is 5.97 Å². The van der Waals surface area contributed by atoms with Gasteiger partial charge in [-0.1, -0.05) is 18.2 Å². The van der Waals surface area contributed by atoms with Crippen molar-refractivity contribution in [1.29, 1.82) is 0 Å². The number of para-hydroxylation sites is 1. The van der Waals surface area contributed by atoms with Crippen LogP contribution in [0.2, 0.25) is 0 Å². The minimum atomic E-state index is -0.658. The van der Waals surface area contributed by atoms with Crippen molar-refractivity contribution in [2.24, 2.45) is 5.92 Å². The van der Waals surface area contributed by atoms with Gasteiger partial charge in [-0.05, 0) is 51.7 Å². The number of aliphatic carboxylic acids is 1. The van der Waals surface area contributed by atoms with Crippen LogP contribution >= 0.6 is 0 Å². The van der Waals surface area contributed by atoms with Gasteiger partial charge in [0.15, 0.2) is 0 Å². The number of piperidine rings is 1. The molecule has 1 N–H and O–H groups in total. The van der Waals surface area contributed by atoms with Crippen LogP contribution in [0.5, 0.6) is 0 Å². The van der Waals surface area contributed by atoms with Crippen molar-refractivity contribution < 1.29 is 9.90 Å². The fourth-order valence-electron chi connectivity index (χ4n) is 3.26. The molecule has 3 nitrogen and oxygen atoms in total. The first-order valence-corrected chi connectivity index (χ1v) is 6.89. The van der Waals surface area contributed by atoms with Crippen LogP contribution < -0.4 is 4.90 Å². The molecular formula is C16H23NO2. The third-order valence-electron chi connectivity index (χ3n) is 4.24. The number of carboxylic acids is 1. The molecular weight excluding hydrogens is 238 g/mol. The van der Waals surface area contributed by atoms with Gasteiger partial charge < -0.3 is 10.0 Å². The molecule has 2 rings (SSSR count). The third kappa shape index (κ3) is 2.60. The molecule has 0 aromatic heterocycles. The van der Waals surface area contributed by atoms with Gasteiger partial charge in [-0.2, -0.15) is 0 Å². The van der Waals surface area contributed by atoms with E-state index in [-0.39, 0.29) is 11.5 Å². The molecule has 1 saturated heterocycles. The molecule has 1 aliphatic rings. The summed E-state index contributed by atoms with van der Waals surface area (Å²) >= 11 is 0. The zero-order valence-electron chi connectivity index (χ0n) is 12.2. The number of nitrogens with zero attached hydrogens (tertiary/aromatic N) is 1. The van der Waals surface area contributed by atoms with Crippen molar-refractivity contribution in [2.45, 2.75) is 46.1 Å². The molecule has 1 aromatic rings. The molecule has 19 heavy (non-hydrogen) atoms. The predicted octanol–water partition coefficient (Wildman–Crippen LogP) is 3.38. The van der Waals surface area contributed by atoms with E-state index in [4.69, 9.17) is 0 Å². The smallest absolute Gasteiger partial charge is 0.306 e. The van der Waals surface area contributed by atoms with Crippen LogP contribution in [0.1, 0.15) is 37.8 Å². The van der Waals surface area contributed by atoms with Crippen LogP contribution in [0.15, 0.2) is 18.2 Å². The molecule has 0 aliphatic carbocycles. The Morgan fingerprint density at radius 2 is 1.89 bits per heavy atom. The second-order valence-corrected chi connectivity index (χ2v) is 6.23. The molecule has 0 amide bonds. The van der Waals surface area contributed by atoms with Crippen molar-refractivity contribution >= 4 is 11.7 Å². The molecule has 1 aliphatic heterocycles. The van der Waals surface area contributed by atoms with Crippen molar-refractivity contribution in [3.63, 3.8) is 0 Å². The van der Waals surface area contributed by atoms with Gasteiger partial charge in [0, 0.05) is 17.8 Å². The average Bonchev–Trinajstić information content (AvgIpc) is 2.29. The Morgan fingerprint density at radius 1 is 1.32 bits per heavy atom. The van der Waals surface area contributed by atoms with E-state index in [1.165, 1.54) is 16.8 Å². The number of hydrogen-bond acceptors (Lipinski definition) is 2. The van der Waals surface area contributed by atoms with E-state index in [2.05, 4.69) is 50.8 Å². The fourth-order valence-corrected chi connectivity index (χ4v) is 3.26. The first kappa shape index (κ1) is 13.9. The summed E-state index contributed by atoms with van der Waals surface area (Å²) in [4.78, 5) is 13.6. The van der Waals surface area contributed by atoms with Crippen LogP contribution in [-0.4, -0.2) is 23.2 Å².